The molecule has 1 heterocycles. The van der Waals surface area contributed by atoms with Crippen LogP contribution in [0.3, 0.4) is 0 Å². The van der Waals surface area contributed by atoms with E-state index in [1.807, 2.05) is 6.07 Å². The Balaban J connectivity index is 1.96. The average molecular weight is 423 g/mol. The zero-order chi connectivity index (χ0) is 22.0. The van der Waals surface area contributed by atoms with E-state index in [9.17, 15) is 9.50 Å². The summed E-state index contributed by atoms with van der Waals surface area (Å²) in [7, 11) is 1.48. The molecule has 0 saturated carbocycles. The molecule has 1 aliphatic heterocycles. The summed E-state index contributed by atoms with van der Waals surface area (Å²) in [6, 6.07) is 5.18. The summed E-state index contributed by atoms with van der Waals surface area (Å²) < 4.78 is 19.0. The van der Waals surface area contributed by atoms with Crippen LogP contribution in [-0.4, -0.2) is 73.9 Å². The lowest BCUT2D eigenvalue weighted by molar-refractivity contribution is 0.166. The number of halogens is 1. The molecule has 1 aromatic rings. The first-order valence-electron chi connectivity index (χ1n) is 11.2. The van der Waals surface area contributed by atoms with E-state index in [2.05, 4.69) is 35.9 Å². The topological polar surface area (TPSA) is 60.3 Å². The number of aliphatic imine (C=N–C) groups is 1. The summed E-state index contributed by atoms with van der Waals surface area (Å²) in [6.45, 7) is 12.5. The van der Waals surface area contributed by atoms with Crippen molar-refractivity contribution in [1.29, 1.82) is 0 Å². The summed E-state index contributed by atoms with van der Waals surface area (Å²) >= 11 is 0. The lowest BCUT2D eigenvalue weighted by atomic mass is 9.79. The molecule has 170 valence electrons. The summed E-state index contributed by atoms with van der Waals surface area (Å²) in [6.07, 6.45) is 2.81. The summed E-state index contributed by atoms with van der Waals surface area (Å²) in [5.41, 5.74) is 1.03. The van der Waals surface area contributed by atoms with Crippen LogP contribution >= 0.6 is 0 Å². The van der Waals surface area contributed by atoms with E-state index in [-0.39, 0.29) is 23.6 Å². The van der Waals surface area contributed by atoms with Gasteiger partial charge in [0.15, 0.2) is 17.5 Å². The molecule has 1 saturated heterocycles. The summed E-state index contributed by atoms with van der Waals surface area (Å²) in [4.78, 5) is 9.60. The number of hydrogen-bond donors (Lipinski definition) is 2. The Labute approximate surface area is 181 Å². The number of ether oxygens (including phenoxy) is 1. The van der Waals surface area contributed by atoms with Gasteiger partial charge in [0.2, 0.25) is 0 Å². The third kappa shape index (κ3) is 6.57. The van der Waals surface area contributed by atoms with Crippen molar-refractivity contribution in [3.05, 3.63) is 29.6 Å². The van der Waals surface area contributed by atoms with Gasteiger partial charge >= 0.3 is 0 Å². The molecule has 30 heavy (non-hydrogen) atoms. The van der Waals surface area contributed by atoms with Crippen molar-refractivity contribution in [1.82, 2.24) is 15.1 Å². The number of nitrogens with zero attached hydrogens (tertiary/aromatic N) is 3. The van der Waals surface area contributed by atoms with E-state index in [0.717, 1.165) is 76.6 Å². The van der Waals surface area contributed by atoms with Crippen LogP contribution in [0, 0.1) is 11.2 Å². The number of piperazine rings is 1. The molecular weight excluding hydrogens is 383 g/mol. The molecule has 0 aromatic heterocycles. The standard InChI is InChI=1S/C23H39FN4O2/c1-5-23(6-2,10-15-29)18-26-22(25-7-3)28-13-11-27(12-14-28)17-19-8-9-21(30-4)20(24)16-19/h8-9,16,29H,5-7,10-15,17-18H2,1-4H3,(H,25,26). The van der Waals surface area contributed by atoms with Gasteiger partial charge in [-0.25, -0.2) is 4.39 Å². The van der Waals surface area contributed by atoms with E-state index >= 15 is 0 Å². The molecule has 0 spiro atoms. The van der Waals surface area contributed by atoms with Crippen LogP contribution in [0.1, 0.15) is 45.6 Å². The molecule has 0 radical (unpaired) electrons. The van der Waals surface area contributed by atoms with E-state index in [0.29, 0.717) is 0 Å². The zero-order valence-corrected chi connectivity index (χ0v) is 19.1. The van der Waals surface area contributed by atoms with Crippen LogP contribution in [0.15, 0.2) is 23.2 Å². The first-order valence-corrected chi connectivity index (χ1v) is 11.2. The highest BCUT2D eigenvalue weighted by Crippen LogP contribution is 2.30. The second kappa shape index (κ2) is 12.1. The van der Waals surface area contributed by atoms with Crippen LogP contribution < -0.4 is 10.1 Å². The predicted octanol–water partition coefficient (Wildman–Crippen LogP) is 3.11. The summed E-state index contributed by atoms with van der Waals surface area (Å²) in [5, 5.41) is 12.9. The van der Waals surface area contributed by atoms with Gasteiger partial charge in [-0.15, -0.1) is 0 Å². The predicted molar refractivity (Wildman–Crippen MR) is 120 cm³/mol. The first kappa shape index (κ1) is 24.4. The highest BCUT2D eigenvalue weighted by atomic mass is 19.1. The van der Waals surface area contributed by atoms with Crippen LogP contribution in [-0.2, 0) is 6.54 Å². The van der Waals surface area contributed by atoms with Crippen LogP contribution in [0.2, 0.25) is 0 Å². The van der Waals surface area contributed by atoms with Crippen molar-refractivity contribution in [3.8, 4) is 5.75 Å². The molecule has 1 fully saturated rings. The minimum absolute atomic E-state index is 0.0652. The molecule has 0 aliphatic carbocycles. The Hall–Kier alpha value is -1.86. The van der Waals surface area contributed by atoms with Gasteiger partial charge < -0.3 is 20.1 Å². The zero-order valence-electron chi connectivity index (χ0n) is 19.1. The highest BCUT2D eigenvalue weighted by Gasteiger charge is 2.26. The second-order valence-corrected chi connectivity index (χ2v) is 8.08. The maximum absolute atomic E-state index is 14.0. The normalized spacial score (nSPS) is 16.1. The Kier molecular flexibility index (Phi) is 9.85. The van der Waals surface area contributed by atoms with Crippen molar-refractivity contribution in [2.45, 2.75) is 46.6 Å². The lowest BCUT2D eigenvalue weighted by Gasteiger charge is -2.37. The summed E-state index contributed by atoms with van der Waals surface area (Å²) in [5.74, 6) is 0.928. The minimum Gasteiger partial charge on any atom is -0.494 e. The number of benzene rings is 1. The third-order valence-corrected chi connectivity index (χ3v) is 6.34. The fourth-order valence-electron chi connectivity index (χ4n) is 4.00. The monoisotopic (exact) mass is 422 g/mol. The minimum atomic E-state index is -0.312. The highest BCUT2D eigenvalue weighted by molar-refractivity contribution is 5.80. The van der Waals surface area contributed by atoms with Gasteiger partial charge in [-0.2, -0.15) is 0 Å². The Morgan fingerprint density at radius 3 is 2.43 bits per heavy atom. The molecule has 7 heteroatoms. The number of aliphatic hydroxyl groups excluding tert-OH is 1. The Morgan fingerprint density at radius 1 is 1.20 bits per heavy atom. The molecule has 1 aromatic carbocycles. The van der Waals surface area contributed by atoms with Gasteiger partial charge in [0.1, 0.15) is 0 Å². The van der Waals surface area contributed by atoms with Gasteiger partial charge in [-0.1, -0.05) is 19.9 Å². The number of nitrogens with one attached hydrogen (secondary N) is 1. The fraction of sp³-hybridized carbons (Fsp3) is 0.696. The van der Waals surface area contributed by atoms with Gasteiger partial charge in [-0.3, -0.25) is 9.89 Å². The molecule has 0 unspecified atom stereocenters. The van der Waals surface area contributed by atoms with Crippen LogP contribution in [0.4, 0.5) is 4.39 Å². The average Bonchev–Trinajstić information content (AvgIpc) is 2.76. The largest absolute Gasteiger partial charge is 0.494 e. The van der Waals surface area contributed by atoms with Crippen LogP contribution in [0.5, 0.6) is 5.75 Å². The van der Waals surface area contributed by atoms with E-state index in [1.165, 1.54) is 7.11 Å². The fourth-order valence-corrected chi connectivity index (χ4v) is 4.00. The SMILES string of the molecule is CCNC(=NCC(CC)(CC)CCO)N1CCN(Cc2ccc(OC)c(F)c2)CC1. The van der Waals surface area contributed by atoms with E-state index < -0.39 is 0 Å². The molecule has 0 amide bonds. The molecule has 6 nitrogen and oxygen atoms in total. The van der Waals surface area contributed by atoms with Crippen molar-refractivity contribution < 1.29 is 14.2 Å². The van der Waals surface area contributed by atoms with E-state index in [1.54, 1.807) is 12.1 Å². The molecule has 1 aliphatic rings. The maximum atomic E-state index is 14.0. The number of guanidine groups is 1. The quantitative estimate of drug-likeness (QED) is 0.448. The molecule has 0 atom stereocenters. The number of hydrogen-bond acceptors (Lipinski definition) is 4. The molecule has 2 N–H and O–H groups in total. The van der Waals surface area contributed by atoms with Gasteiger partial charge in [-0.05, 0) is 49.3 Å². The number of methoxy groups -OCH3 is 1. The van der Waals surface area contributed by atoms with Crippen molar-refractivity contribution in [2.75, 3.05) is 53.0 Å². The molecule has 0 bridgehead atoms. The van der Waals surface area contributed by atoms with E-state index in [4.69, 9.17) is 9.73 Å². The lowest BCUT2D eigenvalue weighted by Crippen LogP contribution is -2.52. The van der Waals surface area contributed by atoms with Crippen molar-refractivity contribution >= 4 is 5.96 Å². The smallest absolute Gasteiger partial charge is 0.194 e. The van der Waals surface area contributed by atoms with Crippen molar-refractivity contribution in [3.63, 3.8) is 0 Å². The van der Waals surface area contributed by atoms with Crippen LogP contribution in [0.25, 0.3) is 0 Å². The Bertz CT molecular complexity index is 671. The number of rotatable bonds is 10. The second-order valence-electron chi connectivity index (χ2n) is 8.08. The molecular formula is C23H39FN4O2. The first-order chi connectivity index (χ1) is 14.5. The maximum Gasteiger partial charge on any atom is 0.194 e. The molecule has 2 rings (SSSR count). The van der Waals surface area contributed by atoms with Gasteiger partial charge in [0, 0.05) is 52.4 Å². The van der Waals surface area contributed by atoms with Gasteiger partial charge in [0.05, 0.1) is 7.11 Å². The third-order valence-electron chi connectivity index (χ3n) is 6.34. The van der Waals surface area contributed by atoms with Crippen molar-refractivity contribution in [2.24, 2.45) is 10.4 Å². The Morgan fingerprint density at radius 2 is 1.90 bits per heavy atom. The number of aliphatic hydroxyl groups is 1. The van der Waals surface area contributed by atoms with Gasteiger partial charge in [0.25, 0.3) is 0 Å².